The minimum Gasteiger partial charge on any atom is -0.355 e. The zero-order valence-corrected chi connectivity index (χ0v) is 17.4. The Morgan fingerprint density at radius 3 is 2.48 bits per heavy atom. The van der Waals surface area contributed by atoms with E-state index in [0.717, 1.165) is 33.8 Å². The van der Waals surface area contributed by atoms with Gasteiger partial charge in [-0.1, -0.05) is 86.3 Å². The van der Waals surface area contributed by atoms with Crippen molar-refractivity contribution in [3.8, 4) is 0 Å². The maximum absolute atomic E-state index is 11.7. The van der Waals surface area contributed by atoms with Gasteiger partial charge in [0.15, 0.2) is 8.68 Å². The summed E-state index contributed by atoms with van der Waals surface area (Å²) >= 11 is 4.70. The van der Waals surface area contributed by atoms with E-state index in [1.54, 1.807) is 23.1 Å². The van der Waals surface area contributed by atoms with E-state index in [1.165, 1.54) is 22.9 Å². The summed E-state index contributed by atoms with van der Waals surface area (Å²) in [5, 5.41) is 11.3. The number of nitrogens with zero attached hydrogens (tertiary/aromatic N) is 2. The fourth-order valence-corrected chi connectivity index (χ4v) is 4.85. The van der Waals surface area contributed by atoms with Crippen LogP contribution in [0, 0.1) is 0 Å². The summed E-state index contributed by atoms with van der Waals surface area (Å²) in [6, 6.07) is 8.75. The molecule has 0 saturated heterocycles. The summed E-state index contributed by atoms with van der Waals surface area (Å²) in [6.45, 7) is 7.27. The first-order chi connectivity index (χ1) is 12.1. The van der Waals surface area contributed by atoms with Crippen LogP contribution in [0.25, 0.3) is 0 Å². The number of nitrogens with one attached hydrogen (secondary N) is 1. The molecule has 0 saturated carbocycles. The maximum atomic E-state index is 11.7. The third-order valence-electron chi connectivity index (χ3n) is 3.58. The number of hydrogen-bond donors (Lipinski definition) is 1. The third kappa shape index (κ3) is 7.38. The molecule has 0 aliphatic rings. The van der Waals surface area contributed by atoms with Gasteiger partial charge in [0.25, 0.3) is 0 Å². The van der Waals surface area contributed by atoms with E-state index in [9.17, 15) is 4.79 Å². The second-order valence-corrected chi connectivity index (χ2v) is 9.43. The van der Waals surface area contributed by atoms with E-state index in [-0.39, 0.29) is 5.91 Å². The molecule has 4 nitrogen and oxygen atoms in total. The van der Waals surface area contributed by atoms with E-state index in [0.29, 0.717) is 11.7 Å². The van der Waals surface area contributed by atoms with Gasteiger partial charge in [0.05, 0.1) is 5.75 Å². The molecule has 0 spiro atoms. The average Bonchev–Trinajstić information content (AvgIpc) is 3.07. The number of hydrogen-bond acceptors (Lipinski definition) is 6. The Morgan fingerprint density at radius 1 is 1.16 bits per heavy atom. The van der Waals surface area contributed by atoms with Gasteiger partial charge in [0.2, 0.25) is 5.91 Å². The van der Waals surface area contributed by atoms with E-state index in [1.807, 2.05) is 0 Å². The van der Waals surface area contributed by atoms with Crippen molar-refractivity contribution in [2.75, 3.05) is 12.3 Å². The molecule has 0 atom stereocenters. The summed E-state index contributed by atoms with van der Waals surface area (Å²) in [5.74, 6) is 1.91. The molecule has 25 heavy (non-hydrogen) atoms. The highest BCUT2D eigenvalue weighted by molar-refractivity contribution is 8.03. The number of carbonyl (C=O) groups is 1. The second-order valence-electron chi connectivity index (χ2n) is 6.01. The van der Waals surface area contributed by atoms with Gasteiger partial charge in [-0.15, -0.1) is 10.2 Å². The number of rotatable bonds is 10. The van der Waals surface area contributed by atoms with Crippen LogP contribution in [0.15, 0.2) is 32.9 Å². The Hall–Kier alpha value is -1.05. The van der Waals surface area contributed by atoms with Crippen molar-refractivity contribution in [2.24, 2.45) is 0 Å². The predicted molar refractivity (Wildman–Crippen MR) is 109 cm³/mol. The van der Waals surface area contributed by atoms with Gasteiger partial charge >= 0.3 is 0 Å². The summed E-state index contributed by atoms with van der Waals surface area (Å²) in [4.78, 5) is 11.7. The number of thioether (sulfide) groups is 2. The van der Waals surface area contributed by atoms with E-state index < -0.39 is 0 Å². The van der Waals surface area contributed by atoms with Crippen LogP contribution in [0.4, 0.5) is 0 Å². The first-order valence-corrected chi connectivity index (χ1v) is 11.3. The number of aromatic nitrogens is 2. The molecule has 1 amide bonds. The Morgan fingerprint density at radius 2 is 1.84 bits per heavy atom. The third-order valence-corrected chi connectivity index (χ3v) is 6.84. The summed E-state index contributed by atoms with van der Waals surface area (Å²) < 4.78 is 1.80. The Kier molecular flexibility index (Phi) is 8.78. The van der Waals surface area contributed by atoms with Crippen LogP contribution in [0.1, 0.15) is 50.7 Å². The molecule has 0 unspecified atom stereocenters. The molecular formula is C18H25N3OS3. The van der Waals surface area contributed by atoms with Gasteiger partial charge in [-0.25, -0.2) is 0 Å². The van der Waals surface area contributed by atoms with Crippen molar-refractivity contribution in [1.82, 2.24) is 15.5 Å². The summed E-state index contributed by atoms with van der Waals surface area (Å²) in [6.07, 6.45) is 2.11. The smallest absolute Gasteiger partial charge is 0.230 e. The molecule has 0 aliphatic carbocycles. The highest BCUT2D eigenvalue weighted by Crippen LogP contribution is 2.30. The second kappa shape index (κ2) is 10.8. The molecule has 1 aromatic heterocycles. The highest BCUT2D eigenvalue weighted by atomic mass is 32.2. The van der Waals surface area contributed by atoms with Crippen molar-refractivity contribution in [3.05, 3.63) is 35.4 Å². The monoisotopic (exact) mass is 395 g/mol. The molecule has 136 valence electrons. The maximum Gasteiger partial charge on any atom is 0.230 e. The molecular weight excluding hydrogens is 370 g/mol. The molecule has 0 aliphatic heterocycles. The van der Waals surface area contributed by atoms with Crippen molar-refractivity contribution >= 4 is 40.8 Å². The molecule has 7 heteroatoms. The van der Waals surface area contributed by atoms with Crippen LogP contribution >= 0.6 is 34.9 Å². The quantitative estimate of drug-likeness (QED) is 0.455. The minimum atomic E-state index is 0.0631. The van der Waals surface area contributed by atoms with E-state index in [4.69, 9.17) is 0 Å². The highest BCUT2D eigenvalue weighted by Gasteiger charge is 2.09. The van der Waals surface area contributed by atoms with Crippen LogP contribution in [0.5, 0.6) is 0 Å². The molecule has 2 aromatic rings. The largest absolute Gasteiger partial charge is 0.355 e. The van der Waals surface area contributed by atoms with Gasteiger partial charge in [-0.3, -0.25) is 4.79 Å². The van der Waals surface area contributed by atoms with Gasteiger partial charge in [0.1, 0.15) is 0 Å². The fraction of sp³-hybridized carbons (Fsp3) is 0.500. The van der Waals surface area contributed by atoms with Gasteiger partial charge in [0, 0.05) is 12.3 Å². The van der Waals surface area contributed by atoms with Crippen LogP contribution in [-0.4, -0.2) is 28.4 Å². The van der Waals surface area contributed by atoms with Crippen LogP contribution in [-0.2, 0) is 10.5 Å². The van der Waals surface area contributed by atoms with Crippen molar-refractivity contribution < 1.29 is 4.79 Å². The first kappa shape index (κ1) is 20.3. The zero-order chi connectivity index (χ0) is 18.1. The lowest BCUT2D eigenvalue weighted by atomic mass is 10.0. The van der Waals surface area contributed by atoms with E-state index in [2.05, 4.69) is 60.6 Å². The molecule has 0 bridgehead atoms. The van der Waals surface area contributed by atoms with Crippen molar-refractivity contribution in [2.45, 2.75) is 54.0 Å². The SMILES string of the molecule is CCCCNC(=O)CSc1nnc(SCc2ccc(C(C)C)cc2)s1. The lowest BCUT2D eigenvalue weighted by molar-refractivity contribution is -0.118. The average molecular weight is 396 g/mol. The number of amides is 1. The topological polar surface area (TPSA) is 54.9 Å². The molecule has 1 aromatic carbocycles. The predicted octanol–water partition coefficient (Wildman–Crippen LogP) is 4.96. The lowest BCUT2D eigenvalue weighted by Gasteiger charge is -2.06. The number of unbranched alkanes of at least 4 members (excludes halogenated alkanes) is 1. The molecule has 1 heterocycles. The molecule has 1 N–H and O–H groups in total. The Balaban J connectivity index is 1.74. The molecule has 2 rings (SSSR count). The van der Waals surface area contributed by atoms with Crippen molar-refractivity contribution in [1.29, 1.82) is 0 Å². The van der Waals surface area contributed by atoms with Gasteiger partial charge < -0.3 is 5.32 Å². The van der Waals surface area contributed by atoms with E-state index >= 15 is 0 Å². The van der Waals surface area contributed by atoms with Crippen LogP contribution < -0.4 is 5.32 Å². The first-order valence-electron chi connectivity index (χ1n) is 8.53. The van der Waals surface area contributed by atoms with Gasteiger partial charge in [-0.2, -0.15) is 0 Å². The lowest BCUT2D eigenvalue weighted by Crippen LogP contribution is -2.25. The minimum absolute atomic E-state index is 0.0631. The summed E-state index contributed by atoms with van der Waals surface area (Å²) in [5.41, 5.74) is 2.65. The summed E-state index contributed by atoms with van der Waals surface area (Å²) in [7, 11) is 0. The van der Waals surface area contributed by atoms with Gasteiger partial charge in [-0.05, 0) is 23.5 Å². The Bertz CT molecular complexity index is 656. The van der Waals surface area contributed by atoms with Crippen LogP contribution in [0.2, 0.25) is 0 Å². The Labute approximate surface area is 162 Å². The number of benzene rings is 1. The molecule has 0 radical (unpaired) electrons. The van der Waals surface area contributed by atoms with Crippen LogP contribution in [0.3, 0.4) is 0 Å². The zero-order valence-electron chi connectivity index (χ0n) is 14.9. The molecule has 0 fully saturated rings. The number of carbonyl (C=O) groups excluding carboxylic acids is 1. The van der Waals surface area contributed by atoms with Crippen molar-refractivity contribution in [3.63, 3.8) is 0 Å². The fourth-order valence-electron chi connectivity index (χ4n) is 2.04. The standard InChI is InChI=1S/C18H25N3OS3/c1-4-5-10-19-16(22)12-24-18-21-20-17(25-18)23-11-14-6-8-15(9-7-14)13(2)3/h6-9,13H,4-5,10-12H2,1-3H3,(H,19,22). The normalized spacial score (nSPS) is 11.0.